The van der Waals surface area contributed by atoms with Crippen molar-refractivity contribution >= 4 is 11.3 Å². The van der Waals surface area contributed by atoms with Gasteiger partial charge in [-0.3, -0.25) is 0 Å². The van der Waals surface area contributed by atoms with Crippen LogP contribution in [-0.4, -0.2) is 43.3 Å². The van der Waals surface area contributed by atoms with Crippen LogP contribution in [0, 0.1) is 0 Å². The highest BCUT2D eigenvalue weighted by Gasteiger charge is 2.15. The number of benzene rings is 1. The van der Waals surface area contributed by atoms with Gasteiger partial charge in [-0.05, 0) is 57.0 Å². The summed E-state index contributed by atoms with van der Waals surface area (Å²) in [6.45, 7) is 2.98. The van der Waals surface area contributed by atoms with Gasteiger partial charge in [0.05, 0.1) is 24.4 Å². The molecule has 0 bridgehead atoms. The minimum atomic E-state index is 0.496. The van der Waals surface area contributed by atoms with Gasteiger partial charge in [-0.25, -0.2) is 4.98 Å². The summed E-state index contributed by atoms with van der Waals surface area (Å²) in [4.78, 5) is 6.80. The molecule has 0 saturated carbocycles. The van der Waals surface area contributed by atoms with E-state index in [1.54, 1.807) is 18.4 Å². The van der Waals surface area contributed by atoms with Gasteiger partial charge < -0.3 is 14.4 Å². The third-order valence-electron chi connectivity index (χ3n) is 4.51. The van der Waals surface area contributed by atoms with Crippen LogP contribution in [0.15, 0.2) is 29.1 Å². The molecule has 5 heteroatoms. The molecule has 1 saturated heterocycles. The SMILES string of the molecule is COc1ccc(CN(C)CCCC2CCCO2)cc1-c1cscn1. The monoisotopic (exact) mass is 346 g/mol. The maximum Gasteiger partial charge on any atom is 0.128 e. The first kappa shape index (κ1) is 17.4. The summed E-state index contributed by atoms with van der Waals surface area (Å²) in [5, 5.41) is 2.06. The van der Waals surface area contributed by atoms with Crippen LogP contribution in [0.1, 0.15) is 31.2 Å². The highest BCUT2D eigenvalue weighted by molar-refractivity contribution is 7.07. The standard InChI is InChI=1S/C19H26N2O2S/c1-21(9-3-5-16-6-4-10-23-16)12-15-7-8-19(22-2)17(11-15)18-13-24-14-20-18/h7-8,11,13-14,16H,3-6,9-10,12H2,1-2H3. The van der Waals surface area contributed by atoms with Crippen molar-refractivity contribution in [1.29, 1.82) is 0 Å². The Morgan fingerprint density at radius 1 is 1.42 bits per heavy atom. The molecule has 0 amide bonds. The van der Waals surface area contributed by atoms with Gasteiger partial charge in [-0.2, -0.15) is 0 Å². The summed E-state index contributed by atoms with van der Waals surface area (Å²) in [6.07, 6.45) is 5.33. The van der Waals surface area contributed by atoms with E-state index >= 15 is 0 Å². The first-order chi connectivity index (χ1) is 11.8. The largest absolute Gasteiger partial charge is 0.496 e. The van der Waals surface area contributed by atoms with E-state index in [0.29, 0.717) is 6.10 Å². The molecular formula is C19H26N2O2S. The lowest BCUT2D eigenvalue weighted by Crippen LogP contribution is -2.20. The van der Waals surface area contributed by atoms with Crippen molar-refractivity contribution in [3.8, 4) is 17.0 Å². The van der Waals surface area contributed by atoms with Gasteiger partial charge in [0.15, 0.2) is 0 Å². The molecule has 1 unspecified atom stereocenters. The average Bonchev–Trinajstić information content (AvgIpc) is 3.28. The minimum absolute atomic E-state index is 0.496. The summed E-state index contributed by atoms with van der Waals surface area (Å²) in [5.41, 5.74) is 5.21. The van der Waals surface area contributed by atoms with Crippen molar-refractivity contribution in [2.24, 2.45) is 0 Å². The van der Waals surface area contributed by atoms with Crippen LogP contribution in [0.4, 0.5) is 0 Å². The predicted octanol–water partition coefficient (Wildman–Crippen LogP) is 4.21. The van der Waals surface area contributed by atoms with Crippen LogP contribution in [0.5, 0.6) is 5.75 Å². The lowest BCUT2D eigenvalue weighted by atomic mass is 10.1. The number of thiazole rings is 1. The minimum Gasteiger partial charge on any atom is -0.496 e. The predicted molar refractivity (Wildman–Crippen MR) is 98.6 cm³/mol. The summed E-state index contributed by atoms with van der Waals surface area (Å²) in [7, 11) is 3.89. The van der Waals surface area contributed by atoms with Gasteiger partial charge in [0.2, 0.25) is 0 Å². The van der Waals surface area contributed by atoms with Crippen molar-refractivity contribution in [3.05, 3.63) is 34.7 Å². The third kappa shape index (κ3) is 4.56. The first-order valence-corrected chi connectivity index (χ1v) is 9.56. The Morgan fingerprint density at radius 3 is 3.04 bits per heavy atom. The second-order valence-electron chi connectivity index (χ2n) is 6.42. The van der Waals surface area contributed by atoms with Gasteiger partial charge in [0.25, 0.3) is 0 Å². The Balaban J connectivity index is 1.57. The molecule has 0 spiro atoms. The maximum absolute atomic E-state index is 5.70. The molecule has 1 aliphatic rings. The second kappa shape index (κ2) is 8.60. The fourth-order valence-electron chi connectivity index (χ4n) is 3.25. The molecule has 0 aliphatic carbocycles. The topological polar surface area (TPSA) is 34.6 Å². The van der Waals surface area contributed by atoms with E-state index in [9.17, 15) is 0 Å². The molecule has 1 aromatic heterocycles. The van der Waals surface area contributed by atoms with E-state index in [2.05, 4.69) is 34.4 Å². The number of hydrogen-bond acceptors (Lipinski definition) is 5. The summed E-state index contributed by atoms with van der Waals surface area (Å²) in [5.74, 6) is 0.880. The zero-order valence-electron chi connectivity index (χ0n) is 14.5. The molecular weight excluding hydrogens is 320 g/mol. The molecule has 2 heterocycles. The molecule has 1 fully saturated rings. The molecule has 0 radical (unpaired) electrons. The lowest BCUT2D eigenvalue weighted by molar-refractivity contribution is 0.0995. The fraction of sp³-hybridized carbons (Fsp3) is 0.526. The molecule has 1 atom stereocenters. The third-order valence-corrected chi connectivity index (χ3v) is 5.10. The summed E-state index contributed by atoms with van der Waals surface area (Å²) in [6, 6.07) is 6.39. The van der Waals surface area contributed by atoms with Crippen molar-refractivity contribution in [1.82, 2.24) is 9.88 Å². The van der Waals surface area contributed by atoms with Gasteiger partial charge in [0, 0.05) is 24.1 Å². The average molecular weight is 346 g/mol. The van der Waals surface area contributed by atoms with Crippen molar-refractivity contribution in [2.75, 3.05) is 27.3 Å². The number of ether oxygens (including phenoxy) is 2. The number of nitrogens with zero attached hydrogens (tertiary/aromatic N) is 2. The lowest BCUT2D eigenvalue weighted by Gasteiger charge is -2.19. The Kier molecular flexibility index (Phi) is 6.24. The number of aromatic nitrogens is 1. The van der Waals surface area contributed by atoms with Gasteiger partial charge in [0.1, 0.15) is 5.75 Å². The van der Waals surface area contributed by atoms with Gasteiger partial charge in [-0.1, -0.05) is 6.07 Å². The zero-order chi connectivity index (χ0) is 16.8. The number of hydrogen-bond donors (Lipinski definition) is 0. The van der Waals surface area contributed by atoms with Crippen molar-refractivity contribution in [2.45, 2.75) is 38.3 Å². The highest BCUT2D eigenvalue weighted by atomic mass is 32.1. The van der Waals surface area contributed by atoms with E-state index in [1.807, 2.05) is 11.6 Å². The van der Waals surface area contributed by atoms with Crippen LogP contribution in [0.2, 0.25) is 0 Å². The van der Waals surface area contributed by atoms with E-state index in [4.69, 9.17) is 9.47 Å². The Labute approximate surface area is 148 Å². The summed E-state index contributed by atoms with van der Waals surface area (Å²) >= 11 is 1.61. The molecule has 2 aromatic rings. The summed E-state index contributed by atoms with van der Waals surface area (Å²) < 4.78 is 11.2. The van der Waals surface area contributed by atoms with Crippen LogP contribution < -0.4 is 4.74 Å². The fourth-order valence-corrected chi connectivity index (χ4v) is 3.80. The molecule has 4 nitrogen and oxygen atoms in total. The zero-order valence-corrected chi connectivity index (χ0v) is 15.3. The van der Waals surface area contributed by atoms with E-state index in [0.717, 1.165) is 36.7 Å². The van der Waals surface area contributed by atoms with Crippen LogP contribution in [-0.2, 0) is 11.3 Å². The Morgan fingerprint density at radius 2 is 2.33 bits per heavy atom. The molecule has 1 aromatic carbocycles. The van der Waals surface area contributed by atoms with E-state index in [-0.39, 0.29) is 0 Å². The van der Waals surface area contributed by atoms with Crippen molar-refractivity contribution < 1.29 is 9.47 Å². The maximum atomic E-state index is 5.70. The van der Waals surface area contributed by atoms with E-state index in [1.165, 1.54) is 31.2 Å². The van der Waals surface area contributed by atoms with Crippen molar-refractivity contribution in [3.63, 3.8) is 0 Å². The van der Waals surface area contributed by atoms with Crippen LogP contribution in [0.25, 0.3) is 11.3 Å². The highest BCUT2D eigenvalue weighted by Crippen LogP contribution is 2.31. The Bertz CT molecular complexity index is 624. The van der Waals surface area contributed by atoms with Crippen LogP contribution >= 0.6 is 11.3 Å². The van der Waals surface area contributed by atoms with Gasteiger partial charge in [-0.15, -0.1) is 11.3 Å². The Hall–Kier alpha value is -1.43. The van der Waals surface area contributed by atoms with E-state index < -0.39 is 0 Å². The molecule has 130 valence electrons. The first-order valence-electron chi connectivity index (χ1n) is 8.62. The van der Waals surface area contributed by atoms with Crippen LogP contribution in [0.3, 0.4) is 0 Å². The molecule has 24 heavy (non-hydrogen) atoms. The quantitative estimate of drug-likeness (QED) is 0.717. The molecule has 0 N–H and O–H groups in total. The number of rotatable bonds is 8. The smallest absolute Gasteiger partial charge is 0.128 e. The number of methoxy groups -OCH3 is 1. The second-order valence-corrected chi connectivity index (χ2v) is 7.14. The van der Waals surface area contributed by atoms with Gasteiger partial charge >= 0.3 is 0 Å². The molecule has 1 aliphatic heterocycles. The molecule has 3 rings (SSSR count). The normalized spacial score (nSPS) is 17.5.